The molecule has 2 heterocycles. The van der Waals surface area contributed by atoms with Crippen LogP contribution in [0, 0.1) is 6.92 Å². The zero-order valence-electron chi connectivity index (χ0n) is 7.41. The highest BCUT2D eigenvalue weighted by Gasteiger charge is 2.16. The van der Waals surface area contributed by atoms with E-state index in [0.717, 1.165) is 0 Å². The molecule has 0 aliphatic rings. The van der Waals surface area contributed by atoms with Crippen LogP contribution in [0.15, 0.2) is 37.8 Å². The Bertz CT molecular complexity index is 425. The number of furan rings is 2. The second-order valence-electron chi connectivity index (χ2n) is 2.84. The summed E-state index contributed by atoms with van der Waals surface area (Å²) in [7, 11) is 0. The molecular weight excluding hydrogens is 248 g/mol. The SMILES string of the molecule is Cc1ccc(C(=O)c2ccc(Br)o2)o1. The fourth-order valence-electron chi connectivity index (χ4n) is 1.11. The monoisotopic (exact) mass is 254 g/mol. The molecule has 0 amide bonds. The van der Waals surface area contributed by atoms with E-state index in [9.17, 15) is 4.79 Å². The minimum atomic E-state index is -0.246. The van der Waals surface area contributed by atoms with Crippen LogP contribution in [0.1, 0.15) is 22.1 Å². The van der Waals surface area contributed by atoms with Crippen molar-refractivity contribution in [2.75, 3.05) is 0 Å². The molecule has 0 unspecified atom stereocenters. The van der Waals surface area contributed by atoms with Crippen LogP contribution in [0.4, 0.5) is 0 Å². The van der Waals surface area contributed by atoms with E-state index in [1.54, 1.807) is 31.2 Å². The summed E-state index contributed by atoms with van der Waals surface area (Å²) < 4.78 is 10.8. The van der Waals surface area contributed by atoms with Gasteiger partial charge in [-0.25, -0.2) is 0 Å². The third kappa shape index (κ3) is 1.65. The van der Waals surface area contributed by atoms with Gasteiger partial charge in [0.2, 0.25) is 0 Å². The molecular formula is C10H7BrO3. The summed E-state index contributed by atoms with van der Waals surface area (Å²) in [5.41, 5.74) is 0. The average Bonchev–Trinajstić information content (AvgIpc) is 2.73. The molecule has 2 rings (SSSR count). The standard InChI is InChI=1S/C10H7BrO3/c1-6-2-3-7(13-6)10(12)8-4-5-9(11)14-8/h2-5H,1H3. The average molecular weight is 255 g/mol. The van der Waals surface area contributed by atoms with Crippen molar-refractivity contribution in [2.24, 2.45) is 0 Å². The van der Waals surface area contributed by atoms with Gasteiger partial charge in [-0.1, -0.05) is 0 Å². The van der Waals surface area contributed by atoms with E-state index >= 15 is 0 Å². The molecule has 4 heteroatoms. The van der Waals surface area contributed by atoms with Gasteiger partial charge >= 0.3 is 0 Å². The van der Waals surface area contributed by atoms with Crippen molar-refractivity contribution in [3.8, 4) is 0 Å². The second-order valence-corrected chi connectivity index (χ2v) is 3.62. The molecule has 0 spiro atoms. The van der Waals surface area contributed by atoms with E-state index in [1.807, 2.05) is 0 Å². The predicted molar refractivity (Wildman–Crippen MR) is 53.3 cm³/mol. The Morgan fingerprint density at radius 1 is 1.14 bits per heavy atom. The van der Waals surface area contributed by atoms with Gasteiger partial charge in [-0.3, -0.25) is 4.79 Å². The fraction of sp³-hybridized carbons (Fsp3) is 0.100. The summed E-state index contributed by atoms with van der Waals surface area (Å²) in [5.74, 6) is 1.03. The number of carbonyl (C=O) groups is 1. The molecule has 72 valence electrons. The molecule has 0 N–H and O–H groups in total. The van der Waals surface area contributed by atoms with Crippen molar-refractivity contribution in [1.29, 1.82) is 0 Å². The first kappa shape index (κ1) is 9.27. The molecule has 0 saturated heterocycles. The number of carbonyl (C=O) groups excluding carboxylic acids is 1. The van der Waals surface area contributed by atoms with E-state index < -0.39 is 0 Å². The Balaban J connectivity index is 2.33. The summed E-state index contributed by atoms with van der Waals surface area (Å²) in [4.78, 5) is 11.7. The van der Waals surface area contributed by atoms with Crippen molar-refractivity contribution < 1.29 is 13.6 Å². The molecule has 14 heavy (non-hydrogen) atoms. The van der Waals surface area contributed by atoms with Gasteiger partial charge in [0.25, 0.3) is 5.78 Å². The Morgan fingerprint density at radius 2 is 1.79 bits per heavy atom. The highest BCUT2D eigenvalue weighted by Crippen LogP contribution is 2.18. The molecule has 0 aromatic carbocycles. The molecule has 0 atom stereocenters. The highest BCUT2D eigenvalue weighted by atomic mass is 79.9. The summed E-state index contributed by atoms with van der Waals surface area (Å²) in [6, 6.07) is 6.65. The first-order chi connectivity index (χ1) is 6.66. The predicted octanol–water partition coefficient (Wildman–Crippen LogP) is 3.17. The van der Waals surface area contributed by atoms with Crippen molar-refractivity contribution in [3.63, 3.8) is 0 Å². The van der Waals surface area contributed by atoms with Crippen LogP contribution in [-0.4, -0.2) is 5.78 Å². The molecule has 0 fully saturated rings. The third-order valence-corrected chi connectivity index (χ3v) is 2.19. The van der Waals surface area contributed by atoms with E-state index in [1.165, 1.54) is 0 Å². The van der Waals surface area contributed by atoms with Crippen LogP contribution in [0.5, 0.6) is 0 Å². The van der Waals surface area contributed by atoms with Gasteiger partial charge in [-0.15, -0.1) is 0 Å². The van der Waals surface area contributed by atoms with Gasteiger partial charge < -0.3 is 8.83 Å². The van der Waals surface area contributed by atoms with Gasteiger partial charge in [-0.2, -0.15) is 0 Å². The number of hydrogen-bond acceptors (Lipinski definition) is 3. The lowest BCUT2D eigenvalue weighted by atomic mass is 10.2. The van der Waals surface area contributed by atoms with Gasteiger partial charge in [0.05, 0.1) is 0 Å². The number of hydrogen-bond donors (Lipinski definition) is 0. The molecule has 3 nitrogen and oxygen atoms in total. The van der Waals surface area contributed by atoms with E-state index in [4.69, 9.17) is 8.83 Å². The molecule has 2 aromatic rings. The Kier molecular flexibility index (Phi) is 2.29. The highest BCUT2D eigenvalue weighted by molar-refractivity contribution is 9.10. The lowest BCUT2D eigenvalue weighted by molar-refractivity contribution is 0.0980. The number of rotatable bonds is 2. The smallest absolute Gasteiger partial charge is 0.263 e. The lowest BCUT2D eigenvalue weighted by Gasteiger charge is -1.90. The van der Waals surface area contributed by atoms with Gasteiger partial charge in [0.1, 0.15) is 5.76 Å². The minimum Gasteiger partial charge on any atom is -0.458 e. The summed E-state index contributed by atoms with van der Waals surface area (Å²) in [6.45, 7) is 1.79. The van der Waals surface area contributed by atoms with Crippen LogP contribution >= 0.6 is 15.9 Å². The van der Waals surface area contributed by atoms with Crippen molar-refractivity contribution in [3.05, 3.63) is 46.2 Å². The Labute approximate surface area is 88.8 Å². The zero-order valence-corrected chi connectivity index (χ0v) is 9.00. The summed E-state index contributed by atoms with van der Waals surface area (Å²) >= 11 is 3.13. The first-order valence-corrected chi connectivity index (χ1v) is 4.82. The van der Waals surface area contributed by atoms with Crippen molar-refractivity contribution in [1.82, 2.24) is 0 Å². The van der Waals surface area contributed by atoms with Gasteiger partial charge in [0.15, 0.2) is 16.2 Å². The number of aryl methyl sites for hydroxylation is 1. The normalized spacial score (nSPS) is 10.4. The second kappa shape index (κ2) is 3.46. The fourth-order valence-corrected chi connectivity index (χ4v) is 1.42. The maximum Gasteiger partial charge on any atom is 0.263 e. The van der Waals surface area contributed by atoms with Crippen molar-refractivity contribution in [2.45, 2.75) is 6.92 Å². The molecule has 0 aliphatic heterocycles. The van der Waals surface area contributed by atoms with E-state index in [2.05, 4.69) is 15.9 Å². The van der Waals surface area contributed by atoms with Crippen LogP contribution in [-0.2, 0) is 0 Å². The van der Waals surface area contributed by atoms with E-state index in [-0.39, 0.29) is 11.5 Å². The Morgan fingerprint density at radius 3 is 2.29 bits per heavy atom. The van der Waals surface area contributed by atoms with E-state index in [0.29, 0.717) is 16.2 Å². The topological polar surface area (TPSA) is 43.4 Å². The molecule has 2 aromatic heterocycles. The quantitative estimate of drug-likeness (QED) is 0.774. The molecule has 0 saturated carbocycles. The summed E-state index contributed by atoms with van der Waals surface area (Å²) in [6.07, 6.45) is 0. The largest absolute Gasteiger partial charge is 0.458 e. The number of halogens is 1. The third-order valence-electron chi connectivity index (χ3n) is 1.76. The maximum absolute atomic E-state index is 11.7. The van der Waals surface area contributed by atoms with Crippen LogP contribution < -0.4 is 0 Å². The molecule has 0 bridgehead atoms. The van der Waals surface area contributed by atoms with Gasteiger partial charge in [0, 0.05) is 0 Å². The van der Waals surface area contributed by atoms with Crippen LogP contribution in [0.25, 0.3) is 0 Å². The van der Waals surface area contributed by atoms with Crippen molar-refractivity contribution >= 4 is 21.7 Å². The first-order valence-electron chi connectivity index (χ1n) is 4.03. The molecule has 0 radical (unpaired) electrons. The van der Waals surface area contributed by atoms with Crippen LogP contribution in [0.3, 0.4) is 0 Å². The maximum atomic E-state index is 11.7. The van der Waals surface area contributed by atoms with Crippen LogP contribution in [0.2, 0.25) is 0 Å². The number of ketones is 1. The minimum absolute atomic E-state index is 0.246. The zero-order chi connectivity index (χ0) is 10.1. The van der Waals surface area contributed by atoms with Gasteiger partial charge in [-0.05, 0) is 47.1 Å². The summed E-state index contributed by atoms with van der Waals surface area (Å²) in [5, 5.41) is 0. The Hall–Kier alpha value is -1.29. The lowest BCUT2D eigenvalue weighted by Crippen LogP contribution is -1.96. The molecule has 0 aliphatic carbocycles.